The lowest BCUT2D eigenvalue weighted by molar-refractivity contribution is -0.111. The van der Waals surface area contributed by atoms with Crippen LogP contribution < -0.4 is 11.0 Å². The molecular weight excluding hydrogens is 352 g/mol. The van der Waals surface area contributed by atoms with Gasteiger partial charge in [-0.15, -0.1) is 0 Å². The summed E-state index contributed by atoms with van der Waals surface area (Å²) in [6.45, 7) is 1.82. The molecule has 6 nitrogen and oxygen atoms in total. The first kappa shape index (κ1) is 17.5. The monoisotopic (exact) mass is 370 g/mol. The van der Waals surface area contributed by atoms with Gasteiger partial charge in [-0.2, -0.15) is 0 Å². The van der Waals surface area contributed by atoms with Crippen molar-refractivity contribution < 1.29 is 4.79 Å². The Balaban J connectivity index is 1.61. The van der Waals surface area contributed by atoms with Crippen LogP contribution in [0.5, 0.6) is 0 Å². The van der Waals surface area contributed by atoms with Crippen molar-refractivity contribution in [2.24, 2.45) is 0 Å². The fourth-order valence-corrected chi connectivity index (χ4v) is 3.13. The van der Waals surface area contributed by atoms with Crippen LogP contribution in [-0.4, -0.2) is 20.4 Å². The van der Waals surface area contributed by atoms with Crippen LogP contribution in [0.4, 0.5) is 5.69 Å². The number of hydrogen-bond acceptors (Lipinski definition) is 3. The number of rotatable bonds is 4. The van der Waals surface area contributed by atoms with Crippen LogP contribution in [-0.2, 0) is 4.79 Å². The molecule has 0 aliphatic heterocycles. The van der Waals surface area contributed by atoms with Gasteiger partial charge in [0, 0.05) is 35.1 Å². The third-order valence-corrected chi connectivity index (χ3v) is 4.44. The molecule has 0 bridgehead atoms. The zero-order valence-corrected chi connectivity index (χ0v) is 15.2. The maximum Gasteiger partial charge on any atom is 0.330 e. The molecule has 0 saturated heterocycles. The number of para-hydroxylation sites is 3. The Bertz CT molecular complexity index is 1250. The number of aromatic nitrogens is 3. The number of carbonyl (C=O) groups is 1. The van der Waals surface area contributed by atoms with E-state index >= 15 is 0 Å². The number of anilines is 1. The highest BCUT2D eigenvalue weighted by Crippen LogP contribution is 2.20. The van der Waals surface area contributed by atoms with Crippen LogP contribution in [0, 0.1) is 6.92 Å². The molecule has 0 aliphatic rings. The summed E-state index contributed by atoms with van der Waals surface area (Å²) in [4.78, 5) is 31.6. The topological polar surface area (TPSA) is 79.8 Å². The summed E-state index contributed by atoms with van der Waals surface area (Å²) in [5.41, 5.74) is 3.36. The van der Waals surface area contributed by atoms with Crippen molar-refractivity contribution in [1.29, 1.82) is 0 Å². The fraction of sp³-hybridized carbons (Fsp3) is 0.0455. The van der Waals surface area contributed by atoms with Gasteiger partial charge in [-0.3, -0.25) is 14.3 Å². The molecule has 6 heteroatoms. The van der Waals surface area contributed by atoms with Crippen molar-refractivity contribution in [3.05, 3.63) is 94.8 Å². The number of carbonyl (C=O) groups excluding carboxylic acids is 1. The molecule has 0 spiro atoms. The first-order valence-corrected chi connectivity index (χ1v) is 8.83. The Labute approximate surface area is 161 Å². The van der Waals surface area contributed by atoms with Gasteiger partial charge < -0.3 is 10.3 Å². The second-order valence-electron chi connectivity index (χ2n) is 6.33. The van der Waals surface area contributed by atoms with Gasteiger partial charge in [0.15, 0.2) is 0 Å². The number of fused-ring (bicyclic) bond motifs is 1. The number of amides is 1. The number of benzene rings is 2. The van der Waals surface area contributed by atoms with Gasteiger partial charge in [-0.05, 0) is 31.2 Å². The standard InChI is InChI=1S/C22H18N4O2/c1-15-14-24-22(28)26(15)19-10-3-2-9-18(19)25-20(27)12-11-17-7-4-6-16-8-5-13-23-21(16)17/h2-14H,1H3,(H,24,28)(H,25,27)/b12-11+. The highest BCUT2D eigenvalue weighted by atomic mass is 16.2. The van der Waals surface area contributed by atoms with Crippen molar-refractivity contribution in [1.82, 2.24) is 14.5 Å². The van der Waals surface area contributed by atoms with Crippen molar-refractivity contribution in [3.8, 4) is 5.69 Å². The largest absolute Gasteiger partial charge is 0.330 e. The van der Waals surface area contributed by atoms with Crippen LogP contribution in [0.2, 0.25) is 0 Å². The third kappa shape index (κ3) is 3.35. The number of H-pyrrole nitrogens is 1. The summed E-state index contributed by atoms with van der Waals surface area (Å²) in [6.07, 6.45) is 6.56. The lowest BCUT2D eigenvalue weighted by Crippen LogP contribution is -2.18. The van der Waals surface area contributed by atoms with E-state index in [1.165, 1.54) is 10.6 Å². The van der Waals surface area contributed by atoms with E-state index in [-0.39, 0.29) is 11.6 Å². The number of aromatic amines is 1. The molecule has 0 atom stereocenters. The van der Waals surface area contributed by atoms with Crippen LogP contribution in [0.25, 0.3) is 22.7 Å². The summed E-state index contributed by atoms with van der Waals surface area (Å²) in [6, 6.07) is 16.9. The van der Waals surface area contributed by atoms with Crippen LogP contribution in [0.3, 0.4) is 0 Å². The number of nitrogens with one attached hydrogen (secondary N) is 2. The Morgan fingerprint density at radius 3 is 2.75 bits per heavy atom. The van der Waals surface area contributed by atoms with Gasteiger partial charge >= 0.3 is 5.69 Å². The minimum absolute atomic E-state index is 0.253. The fourth-order valence-electron chi connectivity index (χ4n) is 3.13. The molecule has 2 N–H and O–H groups in total. The highest BCUT2D eigenvalue weighted by Gasteiger charge is 2.11. The molecule has 4 aromatic rings. The van der Waals surface area contributed by atoms with E-state index in [9.17, 15) is 9.59 Å². The van der Waals surface area contributed by atoms with E-state index in [1.54, 1.807) is 30.6 Å². The number of imidazole rings is 1. The smallest absolute Gasteiger partial charge is 0.321 e. The van der Waals surface area contributed by atoms with Gasteiger partial charge in [-0.25, -0.2) is 4.79 Å². The maximum absolute atomic E-state index is 12.5. The summed E-state index contributed by atoms with van der Waals surface area (Å²) in [7, 11) is 0. The normalized spacial score (nSPS) is 11.2. The Hall–Kier alpha value is -3.93. The first-order valence-electron chi connectivity index (χ1n) is 8.83. The van der Waals surface area contributed by atoms with Gasteiger partial charge in [0.05, 0.1) is 16.9 Å². The number of aryl methyl sites for hydroxylation is 1. The average molecular weight is 370 g/mol. The second-order valence-corrected chi connectivity index (χ2v) is 6.33. The SMILES string of the molecule is Cc1c[nH]c(=O)n1-c1ccccc1NC(=O)/C=C/c1cccc2cccnc12. The molecule has 1 amide bonds. The molecule has 2 aromatic carbocycles. The molecule has 4 rings (SSSR count). The lowest BCUT2D eigenvalue weighted by atomic mass is 10.1. The molecule has 0 unspecified atom stereocenters. The van der Waals surface area contributed by atoms with E-state index in [4.69, 9.17) is 0 Å². The van der Waals surface area contributed by atoms with Gasteiger partial charge in [0.2, 0.25) is 5.91 Å². The van der Waals surface area contributed by atoms with E-state index in [1.807, 2.05) is 49.4 Å². The molecule has 2 aromatic heterocycles. The molecule has 138 valence electrons. The summed E-state index contributed by atoms with van der Waals surface area (Å²) in [5.74, 6) is -0.290. The molecule has 0 saturated carbocycles. The van der Waals surface area contributed by atoms with Crippen LogP contribution in [0.1, 0.15) is 11.3 Å². The molecule has 0 aliphatic carbocycles. The maximum atomic E-state index is 12.5. The Morgan fingerprint density at radius 2 is 1.93 bits per heavy atom. The van der Waals surface area contributed by atoms with Crippen molar-refractivity contribution in [2.45, 2.75) is 6.92 Å². The summed E-state index contributed by atoms with van der Waals surface area (Å²) >= 11 is 0. The number of nitrogens with zero attached hydrogens (tertiary/aromatic N) is 2. The molecule has 0 radical (unpaired) electrons. The first-order chi connectivity index (χ1) is 13.6. The minimum atomic E-state index is -0.290. The molecule has 28 heavy (non-hydrogen) atoms. The van der Waals surface area contributed by atoms with E-state index in [0.29, 0.717) is 11.4 Å². The van der Waals surface area contributed by atoms with Gasteiger partial charge in [0.1, 0.15) is 0 Å². The second kappa shape index (κ2) is 7.36. The van der Waals surface area contributed by atoms with E-state index < -0.39 is 0 Å². The van der Waals surface area contributed by atoms with E-state index in [2.05, 4.69) is 15.3 Å². The quantitative estimate of drug-likeness (QED) is 0.538. The van der Waals surface area contributed by atoms with Crippen molar-refractivity contribution >= 4 is 28.6 Å². The Morgan fingerprint density at radius 1 is 1.11 bits per heavy atom. The Kier molecular flexibility index (Phi) is 4.60. The average Bonchev–Trinajstić information content (AvgIpc) is 3.05. The van der Waals surface area contributed by atoms with Crippen molar-refractivity contribution in [3.63, 3.8) is 0 Å². The van der Waals surface area contributed by atoms with Crippen LogP contribution in [0.15, 0.2) is 77.9 Å². The zero-order chi connectivity index (χ0) is 19.5. The van der Waals surface area contributed by atoms with Crippen molar-refractivity contribution in [2.75, 3.05) is 5.32 Å². The molecular formula is C22H18N4O2. The molecule has 0 fully saturated rings. The predicted octanol–water partition coefficient (Wildman–Crippen LogP) is 3.67. The highest BCUT2D eigenvalue weighted by molar-refractivity contribution is 6.04. The predicted molar refractivity (Wildman–Crippen MR) is 111 cm³/mol. The zero-order valence-electron chi connectivity index (χ0n) is 15.2. The summed E-state index contributed by atoms with van der Waals surface area (Å²) in [5, 5.41) is 3.86. The minimum Gasteiger partial charge on any atom is -0.321 e. The lowest BCUT2D eigenvalue weighted by Gasteiger charge is -2.11. The van der Waals surface area contributed by atoms with Gasteiger partial charge in [-0.1, -0.05) is 36.4 Å². The van der Waals surface area contributed by atoms with E-state index in [0.717, 1.165) is 22.2 Å². The number of hydrogen-bond donors (Lipinski definition) is 2. The van der Waals surface area contributed by atoms with Gasteiger partial charge in [0.25, 0.3) is 0 Å². The third-order valence-electron chi connectivity index (χ3n) is 4.44. The summed E-state index contributed by atoms with van der Waals surface area (Å²) < 4.78 is 1.52. The van der Waals surface area contributed by atoms with Crippen LogP contribution >= 0.6 is 0 Å². The number of pyridine rings is 1. The molecule has 2 heterocycles.